The topological polar surface area (TPSA) is 37.4 Å². The molecule has 2 rings (SSSR count). The minimum Gasteiger partial charge on any atom is -0.260 e. The van der Waals surface area contributed by atoms with Crippen molar-refractivity contribution < 1.29 is 12.8 Å². The van der Waals surface area contributed by atoms with E-state index in [4.69, 9.17) is 0 Å². The molecule has 0 unspecified atom stereocenters. The Hall–Kier alpha value is -1.66. The van der Waals surface area contributed by atoms with Crippen molar-refractivity contribution in [1.29, 1.82) is 0 Å². The first kappa shape index (κ1) is 15.7. The molecule has 0 radical (unpaired) electrons. The maximum atomic E-state index is 14.1. The number of anilines is 1. The minimum atomic E-state index is -3.84. The van der Waals surface area contributed by atoms with Gasteiger partial charge in [0.25, 0.3) is 10.0 Å². The Bertz CT molecular complexity index is 748. The Morgan fingerprint density at radius 3 is 2.43 bits per heavy atom. The highest BCUT2D eigenvalue weighted by atomic mass is 79.9. The van der Waals surface area contributed by atoms with E-state index in [1.807, 2.05) is 0 Å². The molecule has 0 atom stereocenters. The van der Waals surface area contributed by atoms with E-state index in [0.29, 0.717) is 4.47 Å². The molecule has 0 aliphatic rings. The van der Waals surface area contributed by atoms with Gasteiger partial charge in [-0.25, -0.2) is 12.8 Å². The highest BCUT2D eigenvalue weighted by Gasteiger charge is 2.25. The van der Waals surface area contributed by atoms with Gasteiger partial charge in [0.05, 0.1) is 17.1 Å². The summed E-state index contributed by atoms with van der Waals surface area (Å²) in [4.78, 5) is 0.106. The van der Waals surface area contributed by atoms with Gasteiger partial charge < -0.3 is 0 Å². The molecule has 3 nitrogen and oxygen atoms in total. The highest BCUT2D eigenvalue weighted by molar-refractivity contribution is 9.10. The van der Waals surface area contributed by atoms with Gasteiger partial charge in [0.15, 0.2) is 0 Å². The Kier molecular flexibility index (Phi) is 4.80. The largest absolute Gasteiger partial charge is 0.264 e. The van der Waals surface area contributed by atoms with E-state index in [2.05, 4.69) is 22.5 Å². The highest BCUT2D eigenvalue weighted by Crippen LogP contribution is 2.28. The van der Waals surface area contributed by atoms with E-state index in [9.17, 15) is 12.8 Å². The van der Waals surface area contributed by atoms with Gasteiger partial charge in [-0.05, 0) is 30.3 Å². The van der Waals surface area contributed by atoms with Crippen LogP contribution >= 0.6 is 15.9 Å². The van der Waals surface area contributed by atoms with Crippen LogP contribution in [0.3, 0.4) is 0 Å². The lowest BCUT2D eigenvalue weighted by Gasteiger charge is -2.23. The van der Waals surface area contributed by atoms with Crippen molar-refractivity contribution in [2.24, 2.45) is 0 Å². The zero-order valence-corrected chi connectivity index (χ0v) is 13.4. The maximum Gasteiger partial charge on any atom is 0.264 e. The van der Waals surface area contributed by atoms with Crippen LogP contribution in [0, 0.1) is 5.82 Å². The molecule has 0 aliphatic carbocycles. The normalized spacial score (nSPS) is 11.1. The summed E-state index contributed by atoms with van der Waals surface area (Å²) in [5, 5.41) is 0. The predicted octanol–water partition coefficient (Wildman–Crippen LogP) is 3.97. The molecule has 0 heterocycles. The van der Waals surface area contributed by atoms with Crippen molar-refractivity contribution in [1.82, 2.24) is 0 Å². The molecule has 2 aromatic rings. The van der Waals surface area contributed by atoms with Crippen LogP contribution in [0.4, 0.5) is 10.1 Å². The lowest BCUT2D eigenvalue weighted by molar-refractivity contribution is 0.587. The van der Waals surface area contributed by atoms with Crippen molar-refractivity contribution in [3.63, 3.8) is 0 Å². The fourth-order valence-electron chi connectivity index (χ4n) is 1.85. The van der Waals surface area contributed by atoms with Crippen LogP contribution in [0.5, 0.6) is 0 Å². The first-order valence-electron chi connectivity index (χ1n) is 6.10. The van der Waals surface area contributed by atoms with Gasteiger partial charge in [0.1, 0.15) is 5.82 Å². The Morgan fingerprint density at radius 1 is 1.19 bits per heavy atom. The first-order valence-corrected chi connectivity index (χ1v) is 8.34. The molecule has 21 heavy (non-hydrogen) atoms. The molecule has 0 saturated heterocycles. The summed E-state index contributed by atoms with van der Waals surface area (Å²) >= 11 is 3.15. The van der Waals surface area contributed by atoms with E-state index in [-0.39, 0.29) is 17.1 Å². The van der Waals surface area contributed by atoms with Crippen molar-refractivity contribution in [3.05, 3.63) is 71.5 Å². The van der Waals surface area contributed by atoms with Gasteiger partial charge in [-0.3, -0.25) is 4.31 Å². The predicted molar refractivity (Wildman–Crippen MR) is 85.3 cm³/mol. The average molecular weight is 370 g/mol. The molecule has 6 heteroatoms. The second kappa shape index (κ2) is 6.41. The monoisotopic (exact) mass is 369 g/mol. The number of benzene rings is 2. The molecule has 110 valence electrons. The molecular weight excluding hydrogens is 357 g/mol. The average Bonchev–Trinajstić information content (AvgIpc) is 2.46. The van der Waals surface area contributed by atoms with Crippen molar-refractivity contribution in [2.75, 3.05) is 10.8 Å². The number of sulfonamides is 1. The lowest BCUT2D eigenvalue weighted by Crippen LogP contribution is -2.31. The van der Waals surface area contributed by atoms with Gasteiger partial charge in [-0.2, -0.15) is 0 Å². The van der Waals surface area contributed by atoms with Gasteiger partial charge in [-0.15, -0.1) is 6.58 Å². The number of nitrogens with zero attached hydrogens (tertiary/aromatic N) is 1. The van der Waals surface area contributed by atoms with Crippen molar-refractivity contribution in [2.45, 2.75) is 4.90 Å². The van der Waals surface area contributed by atoms with Gasteiger partial charge in [-0.1, -0.05) is 40.2 Å². The molecule has 0 bridgehead atoms. The second-order valence-electron chi connectivity index (χ2n) is 4.23. The molecule has 0 amide bonds. The van der Waals surface area contributed by atoms with Crippen LogP contribution in [-0.4, -0.2) is 15.0 Å². The smallest absolute Gasteiger partial charge is 0.260 e. The standard InChI is InChI=1S/C15H13BrFNO2S/c1-2-10-18(15-9-8-12(16)11-14(15)17)21(19,20)13-6-4-3-5-7-13/h2-9,11H,1,10H2. The quantitative estimate of drug-likeness (QED) is 0.747. The van der Waals surface area contributed by atoms with Gasteiger partial charge in [0, 0.05) is 4.47 Å². The Labute approximate surface area is 131 Å². The molecule has 0 N–H and O–H groups in total. The van der Waals surface area contributed by atoms with Crippen LogP contribution in [0.2, 0.25) is 0 Å². The third-order valence-electron chi connectivity index (χ3n) is 2.80. The second-order valence-corrected chi connectivity index (χ2v) is 7.01. The van der Waals surface area contributed by atoms with E-state index < -0.39 is 15.8 Å². The molecular formula is C15H13BrFNO2S. The molecule has 0 spiro atoms. The van der Waals surface area contributed by atoms with Crippen molar-refractivity contribution in [3.8, 4) is 0 Å². The van der Waals surface area contributed by atoms with Crippen LogP contribution in [-0.2, 0) is 10.0 Å². The Morgan fingerprint density at radius 2 is 1.86 bits per heavy atom. The summed E-state index contributed by atoms with van der Waals surface area (Å²) < 4.78 is 41.0. The number of halogens is 2. The van der Waals surface area contributed by atoms with Crippen LogP contribution in [0.25, 0.3) is 0 Å². The van der Waals surface area contributed by atoms with Crippen LogP contribution in [0.1, 0.15) is 0 Å². The zero-order valence-electron chi connectivity index (χ0n) is 11.0. The van der Waals surface area contributed by atoms with Gasteiger partial charge in [0.2, 0.25) is 0 Å². The summed E-state index contributed by atoms with van der Waals surface area (Å²) in [7, 11) is -3.84. The fraction of sp³-hybridized carbons (Fsp3) is 0.0667. The minimum absolute atomic E-state index is 0.0121. The SMILES string of the molecule is C=CCN(c1ccc(Br)cc1F)S(=O)(=O)c1ccccc1. The van der Waals surface area contributed by atoms with E-state index in [1.54, 1.807) is 24.3 Å². The van der Waals surface area contributed by atoms with Gasteiger partial charge >= 0.3 is 0 Å². The summed E-state index contributed by atoms with van der Waals surface area (Å²) in [5.74, 6) is -0.620. The molecule has 0 aromatic heterocycles. The van der Waals surface area contributed by atoms with Crippen LogP contribution < -0.4 is 4.31 Å². The molecule has 2 aromatic carbocycles. The van der Waals surface area contributed by atoms with E-state index in [0.717, 1.165) is 4.31 Å². The summed E-state index contributed by atoms with van der Waals surface area (Å²) in [5.41, 5.74) is -0.0121. The number of hydrogen-bond acceptors (Lipinski definition) is 2. The molecule has 0 saturated carbocycles. The van der Waals surface area contributed by atoms with Crippen LogP contribution in [0.15, 0.2) is 70.6 Å². The summed E-state index contributed by atoms with van der Waals surface area (Å²) in [6.07, 6.45) is 1.42. The first-order chi connectivity index (χ1) is 9.96. The zero-order chi connectivity index (χ0) is 15.5. The number of hydrogen-bond donors (Lipinski definition) is 0. The molecule has 0 fully saturated rings. The lowest BCUT2D eigenvalue weighted by atomic mass is 10.3. The summed E-state index contributed by atoms with van der Waals surface area (Å²) in [6, 6.07) is 12.2. The summed E-state index contributed by atoms with van der Waals surface area (Å²) in [6.45, 7) is 3.52. The van der Waals surface area contributed by atoms with E-state index in [1.165, 1.54) is 30.3 Å². The Balaban J connectivity index is 2.56. The van der Waals surface area contributed by atoms with Crippen molar-refractivity contribution >= 4 is 31.6 Å². The fourth-order valence-corrected chi connectivity index (χ4v) is 3.64. The maximum absolute atomic E-state index is 14.1. The molecule has 0 aliphatic heterocycles. The third kappa shape index (κ3) is 3.33. The van der Waals surface area contributed by atoms with E-state index >= 15 is 0 Å². The number of rotatable bonds is 5. The third-order valence-corrected chi connectivity index (χ3v) is 5.09.